The van der Waals surface area contributed by atoms with Crippen molar-refractivity contribution in [1.29, 1.82) is 0 Å². The zero-order valence-corrected chi connectivity index (χ0v) is 13.2. The highest BCUT2D eigenvalue weighted by Gasteiger charge is 2.14. The van der Waals surface area contributed by atoms with E-state index in [1.807, 2.05) is 45.2 Å². The van der Waals surface area contributed by atoms with Crippen LogP contribution in [0.5, 0.6) is 11.5 Å². The molecule has 0 bridgehead atoms. The Balaban J connectivity index is 2.91. The minimum absolute atomic E-state index is 0.346. The number of ether oxygens (including phenoxy) is 2. The fourth-order valence-electron chi connectivity index (χ4n) is 1.03. The van der Waals surface area contributed by atoms with Crippen LogP contribution < -0.4 is 9.47 Å². The van der Waals surface area contributed by atoms with Gasteiger partial charge in [-0.15, -0.1) is 0 Å². The van der Waals surface area contributed by atoms with Crippen molar-refractivity contribution in [3.05, 3.63) is 19.3 Å². The normalized spacial score (nSPS) is 9.89. The molecule has 0 saturated carbocycles. The molecule has 0 radical (unpaired) electrons. The molecule has 0 spiro atoms. The van der Waals surface area contributed by atoms with Gasteiger partial charge < -0.3 is 19.7 Å². The minimum atomic E-state index is -1.09. The molecule has 1 aromatic rings. The first kappa shape index (κ1) is 15.3. The molecular weight excluding hydrogens is 470 g/mol. The summed E-state index contributed by atoms with van der Waals surface area (Å²) < 4.78 is 11.5. The van der Waals surface area contributed by atoms with E-state index in [4.69, 9.17) is 19.7 Å². The summed E-state index contributed by atoms with van der Waals surface area (Å²) in [6, 6.07) is 3.28. The van der Waals surface area contributed by atoms with Crippen LogP contribution in [0, 0.1) is 7.14 Å². The molecule has 0 saturated heterocycles. The quantitative estimate of drug-likeness (QED) is 0.607. The number of carboxylic acid groups (broad SMARTS) is 2. The van der Waals surface area contributed by atoms with Crippen molar-refractivity contribution < 1.29 is 29.3 Å². The molecule has 0 amide bonds. The van der Waals surface area contributed by atoms with E-state index >= 15 is 0 Å². The summed E-state index contributed by atoms with van der Waals surface area (Å²) in [6.45, 7) is -0.927. The lowest BCUT2D eigenvalue weighted by Gasteiger charge is -2.12. The monoisotopic (exact) mass is 478 g/mol. The third kappa shape index (κ3) is 4.48. The van der Waals surface area contributed by atoms with Crippen molar-refractivity contribution in [2.75, 3.05) is 13.2 Å². The van der Waals surface area contributed by atoms with Gasteiger partial charge in [0.1, 0.15) is 5.75 Å². The lowest BCUT2D eigenvalue weighted by Crippen LogP contribution is -2.13. The summed E-state index contributed by atoms with van der Waals surface area (Å²) in [6.07, 6.45) is 0. The largest absolute Gasteiger partial charge is 0.481 e. The van der Waals surface area contributed by atoms with Gasteiger partial charge in [-0.25, -0.2) is 9.59 Å². The van der Waals surface area contributed by atoms with Gasteiger partial charge in [-0.1, -0.05) is 0 Å². The Bertz CT molecular complexity index is 474. The van der Waals surface area contributed by atoms with E-state index in [0.29, 0.717) is 15.1 Å². The van der Waals surface area contributed by atoms with E-state index in [9.17, 15) is 9.59 Å². The van der Waals surface area contributed by atoms with E-state index in [-0.39, 0.29) is 0 Å². The van der Waals surface area contributed by atoms with Crippen LogP contribution in [0.3, 0.4) is 0 Å². The van der Waals surface area contributed by atoms with Crippen LogP contribution in [-0.4, -0.2) is 35.4 Å². The van der Waals surface area contributed by atoms with Crippen molar-refractivity contribution in [3.63, 3.8) is 0 Å². The van der Waals surface area contributed by atoms with Gasteiger partial charge in [-0.2, -0.15) is 0 Å². The van der Waals surface area contributed by atoms with Crippen molar-refractivity contribution >= 4 is 57.1 Å². The molecule has 1 aromatic carbocycles. The van der Waals surface area contributed by atoms with E-state index in [1.54, 1.807) is 12.1 Å². The van der Waals surface area contributed by atoms with Gasteiger partial charge in [-0.3, -0.25) is 0 Å². The van der Waals surface area contributed by atoms with Crippen LogP contribution in [-0.2, 0) is 9.59 Å². The van der Waals surface area contributed by atoms with E-state index < -0.39 is 25.2 Å². The second-order valence-electron chi connectivity index (χ2n) is 3.05. The molecule has 98 valence electrons. The van der Waals surface area contributed by atoms with Crippen LogP contribution in [0.1, 0.15) is 0 Å². The molecule has 0 aromatic heterocycles. The number of rotatable bonds is 6. The van der Waals surface area contributed by atoms with Gasteiger partial charge in [0, 0.05) is 0 Å². The molecule has 6 nitrogen and oxygen atoms in total. The predicted octanol–water partition coefficient (Wildman–Crippen LogP) is 1.82. The molecule has 1 rings (SSSR count). The molecule has 0 heterocycles. The maximum absolute atomic E-state index is 10.5. The van der Waals surface area contributed by atoms with Crippen LogP contribution in [0.25, 0.3) is 0 Å². The molecule has 0 aliphatic heterocycles. The number of halogens is 2. The van der Waals surface area contributed by atoms with Crippen molar-refractivity contribution in [2.45, 2.75) is 0 Å². The van der Waals surface area contributed by atoms with Gasteiger partial charge >= 0.3 is 11.9 Å². The number of carboxylic acids is 2. The predicted molar refractivity (Wildman–Crippen MR) is 78.1 cm³/mol. The van der Waals surface area contributed by atoms with Gasteiger partial charge in [0.15, 0.2) is 19.0 Å². The van der Waals surface area contributed by atoms with Crippen LogP contribution in [0.2, 0.25) is 0 Å². The second-order valence-corrected chi connectivity index (χ2v) is 5.29. The highest BCUT2D eigenvalue weighted by atomic mass is 127. The lowest BCUT2D eigenvalue weighted by atomic mass is 10.3. The fourth-order valence-corrected chi connectivity index (χ4v) is 2.93. The maximum atomic E-state index is 10.5. The molecule has 0 atom stereocenters. The summed E-state index contributed by atoms with van der Waals surface area (Å²) in [5.41, 5.74) is 0. The summed E-state index contributed by atoms with van der Waals surface area (Å²) >= 11 is 3.92. The summed E-state index contributed by atoms with van der Waals surface area (Å²) in [4.78, 5) is 20.9. The smallest absolute Gasteiger partial charge is 0.341 e. The Morgan fingerprint density at radius 2 is 1.61 bits per heavy atom. The Morgan fingerprint density at radius 3 is 2.17 bits per heavy atom. The highest BCUT2D eigenvalue weighted by molar-refractivity contribution is 14.1. The number of hydrogen-bond donors (Lipinski definition) is 2. The lowest BCUT2D eigenvalue weighted by molar-refractivity contribution is -0.140. The van der Waals surface area contributed by atoms with E-state index in [2.05, 4.69) is 0 Å². The van der Waals surface area contributed by atoms with Gasteiger partial charge in [0.05, 0.1) is 7.14 Å². The molecule has 0 fully saturated rings. The zero-order chi connectivity index (χ0) is 13.7. The fraction of sp³-hybridized carbons (Fsp3) is 0.200. The Morgan fingerprint density at radius 1 is 1.06 bits per heavy atom. The van der Waals surface area contributed by atoms with E-state index in [1.165, 1.54) is 0 Å². The number of hydrogen-bond acceptors (Lipinski definition) is 4. The molecular formula is C10H8I2O6. The number of benzene rings is 1. The third-order valence-electron chi connectivity index (χ3n) is 1.70. The summed E-state index contributed by atoms with van der Waals surface area (Å²) in [5, 5.41) is 17.1. The molecule has 2 N–H and O–H groups in total. The molecule has 18 heavy (non-hydrogen) atoms. The Hall–Kier alpha value is -0.780. The molecule has 0 aliphatic rings. The molecule has 0 unspecified atom stereocenters. The van der Waals surface area contributed by atoms with Crippen LogP contribution in [0.4, 0.5) is 0 Å². The highest BCUT2D eigenvalue weighted by Crippen LogP contribution is 2.34. The first-order valence-corrected chi connectivity index (χ1v) is 6.74. The first-order valence-electron chi connectivity index (χ1n) is 4.59. The zero-order valence-electron chi connectivity index (χ0n) is 8.85. The number of carbonyl (C=O) groups is 2. The third-order valence-corrected chi connectivity index (χ3v) is 3.58. The SMILES string of the molecule is O=C(O)COc1ccc(I)c(OCC(=O)O)c1I. The molecule has 0 aliphatic carbocycles. The van der Waals surface area contributed by atoms with Gasteiger partial charge in [0.2, 0.25) is 0 Å². The van der Waals surface area contributed by atoms with Crippen molar-refractivity contribution in [3.8, 4) is 11.5 Å². The Labute approximate surface area is 130 Å². The molecule has 8 heteroatoms. The van der Waals surface area contributed by atoms with Gasteiger partial charge in [-0.05, 0) is 57.3 Å². The second kappa shape index (κ2) is 6.97. The standard InChI is InChI=1S/C10H8I2O6/c11-5-1-2-6(17-3-7(13)14)9(12)10(5)18-4-8(15)16/h1-2H,3-4H2,(H,13,14)(H,15,16). The number of aliphatic carboxylic acids is 2. The maximum Gasteiger partial charge on any atom is 0.341 e. The van der Waals surface area contributed by atoms with Crippen molar-refractivity contribution in [2.24, 2.45) is 0 Å². The minimum Gasteiger partial charge on any atom is -0.481 e. The van der Waals surface area contributed by atoms with Gasteiger partial charge in [0.25, 0.3) is 0 Å². The average Bonchev–Trinajstić information content (AvgIpc) is 2.27. The summed E-state index contributed by atoms with van der Waals surface area (Å²) in [7, 11) is 0. The topological polar surface area (TPSA) is 93.1 Å². The average molecular weight is 478 g/mol. The van der Waals surface area contributed by atoms with Crippen molar-refractivity contribution in [1.82, 2.24) is 0 Å². The first-order chi connectivity index (χ1) is 8.41. The summed E-state index contributed by atoms with van der Waals surface area (Å²) in [5.74, 6) is -1.45. The van der Waals surface area contributed by atoms with Crippen LogP contribution >= 0.6 is 45.2 Å². The van der Waals surface area contributed by atoms with Crippen LogP contribution in [0.15, 0.2) is 12.1 Å². The Kier molecular flexibility index (Phi) is 5.91. The van der Waals surface area contributed by atoms with E-state index in [0.717, 1.165) is 3.57 Å².